The average Bonchev–Trinajstić information content (AvgIpc) is 2.30. The summed E-state index contributed by atoms with van der Waals surface area (Å²) in [5, 5.41) is 3.39. The summed E-state index contributed by atoms with van der Waals surface area (Å²) in [5.41, 5.74) is 0. The first-order valence-electron chi connectivity index (χ1n) is 5.98. The summed E-state index contributed by atoms with van der Waals surface area (Å²) in [5.74, 6) is 1.92. The monoisotopic (exact) mass is 299 g/mol. The third-order valence-electron chi connectivity index (χ3n) is 1.84. The lowest BCUT2D eigenvalue weighted by atomic mass is 10.3. The molecular formula is C11H25NO2S3. The van der Waals surface area contributed by atoms with Crippen LogP contribution >= 0.6 is 33.6 Å². The molecule has 0 radical (unpaired) electrons. The highest BCUT2D eigenvalue weighted by Gasteiger charge is 1.94. The molecule has 0 aliphatic heterocycles. The minimum absolute atomic E-state index is 0.584. The van der Waals surface area contributed by atoms with Crippen LogP contribution in [-0.4, -0.2) is 43.7 Å². The van der Waals surface area contributed by atoms with Crippen LogP contribution in [0.2, 0.25) is 0 Å². The van der Waals surface area contributed by atoms with Crippen molar-refractivity contribution in [2.45, 2.75) is 32.7 Å². The molecule has 0 spiro atoms. The number of unbranched alkanes of at least 4 members (excludes halogenated alkanes) is 1. The third-order valence-corrected chi connectivity index (χ3v) is 4.33. The molecule has 0 amide bonds. The highest BCUT2D eigenvalue weighted by Crippen LogP contribution is 2.20. The number of hydrogen-bond acceptors (Lipinski definition) is 6. The van der Waals surface area contributed by atoms with Gasteiger partial charge in [-0.3, -0.25) is 0 Å². The van der Waals surface area contributed by atoms with Crippen molar-refractivity contribution in [3.63, 3.8) is 0 Å². The summed E-state index contributed by atoms with van der Waals surface area (Å²) in [6.45, 7) is 7.08. The highest BCUT2D eigenvalue weighted by molar-refractivity contribution is 8.76. The smallest absolute Gasteiger partial charge is 0.102 e. The fraction of sp³-hybridized carbons (Fsp3) is 1.00. The zero-order valence-electron chi connectivity index (χ0n) is 11.1. The lowest BCUT2D eigenvalue weighted by Crippen LogP contribution is -2.24. The molecule has 3 nitrogen and oxygen atoms in total. The van der Waals surface area contributed by atoms with E-state index in [4.69, 9.17) is 8.92 Å². The molecule has 0 unspecified atom stereocenters. The Morgan fingerprint density at radius 2 is 1.88 bits per heavy atom. The van der Waals surface area contributed by atoms with E-state index in [9.17, 15) is 0 Å². The Balaban J connectivity index is 2.89. The van der Waals surface area contributed by atoms with Crippen molar-refractivity contribution in [3.05, 3.63) is 0 Å². The number of hydrogen-bond donors (Lipinski definition) is 1. The van der Waals surface area contributed by atoms with Crippen LogP contribution in [0, 0.1) is 0 Å². The van der Waals surface area contributed by atoms with Gasteiger partial charge in [0.15, 0.2) is 0 Å². The topological polar surface area (TPSA) is 30.5 Å². The molecule has 0 rings (SSSR count). The number of rotatable bonds is 13. The van der Waals surface area contributed by atoms with Crippen LogP contribution < -0.4 is 5.32 Å². The van der Waals surface area contributed by atoms with Gasteiger partial charge in [-0.25, -0.2) is 0 Å². The van der Waals surface area contributed by atoms with Crippen LogP contribution in [0.4, 0.5) is 0 Å². The van der Waals surface area contributed by atoms with Crippen LogP contribution in [0.15, 0.2) is 0 Å². The first-order valence-corrected chi connectivity index (χ1v) is 9.62. The molecule has 0 bridgehead atoms. The van der Waals surface area contributed by atoms with Gasteiger partial charge in [0.2, 0.25) is 0 Å². The molecule has 0 aromatic rings. The molecular weight excluding hydrogens is 274 g/mol. The van der Waals surface area contributed by atoms with Gasteiger partial charge in [0.05, 0.1) is 6.61 Å². The molecule has 0 heterocycles. The summed E-state index contributed by atoms with van der Waals surface area (Å²) >= 11 is 1.43. The minimum Gasteiger partial charge on any atom is -0.370 e. The first-order chi connectivity index (χ1) is 8.27. The SMILES string of the molecule is CSOCCCCOCSSCCNC(C)C. The number of nitrogens with one attached hydrogen (secondary N) is 1. The summed E-state index contributed by atoms with van der Waals surface area (Å²) in [7, 11) is 3.66. The molecule has 1 N–H and O–H groups in total. The molecule has 0 aromatic heterocycles. The minimum atomic E-state index is 0.584. The van der Waals surface area contributed by atoms with E-state index in [1.165, 1.54) is 12.0 Å². The van der Waals surface area contributed by atoms with E-state index in [2.05, 4.69) is 19.2 Å². The second-order valence-electron chi connectivity index (χ2n) is 3.77. The largest absolute Gasteiger partial charge is 0.370 e. The lowest BCUT2D eigenvalue weighted by molar-refractivity contribution is 0.173. The van der Waals surface area contributed by atoms with E-state index in [1.54, 1.807) is 10.8 Å². The van der Waals surface area contributed by atoms with Crippen molar-refractivity contribution >= 4 is 33.6 Å². The fourth-order valence-corrected chi connectivity index (χ4v) is 2.89. The molecule has 104 valence electrons. The standard InChI is InChI=1S/C11H25NO2S3/c1-11(2)12-6-9-16-17-10-13-7-4-5-8-14-15-3/h11-12H,4-10H2,1-3H3. The molecule has 0 fully saturated rings. The highest BCUT2D eigenvalue weighted by atomic mass is 33.1. The van der Waals surface area contributed by atoms with Crippen LogP contribution in [0.3, 0.4) is 0 Å². The van der Waals surface area contributed by atoms with Gasteiger partial charge in [0, 0.05) is 31.2 Å². The van der Waals surface area contributed by atoms with Gasteiger partial charge < -0.3 is 14.2 Å². The molecule has 0 atom stereocenters. The molecule has 6 heteroatoms. The predicted molar refractivity (Wildman–Crippen MR) is 82.7 cm³/mol. The van der Waals surface area contributed by atoms with Gasteiger partial charge in [0.25, 0.3) is 0 Å². The van der Waals surface area contributed by atoms with E-state index in [-0.39, 0.29) is 0 Å². The Kier molecular flexibility index (Phi) is 15.8. The second-order valence-corrected chi connectivity index (χ2v) is 6.87. The lowest BCUT2D eigenvalue weighted by Gasteiger charge is -2.07. The fourth-order valence-electron chi connectivity index (χ4n) is 1.02. The molecule has 0 aliphatic carbocycles. The maximum absolute atomic E-state index is 5.50. The van der Waals surface area contributed by atoms with E-state index in [0.717, 1.165) is 44.3 Å². The van der Waals surface area contributed by atoms with Crippen molar-refractivity contribution in [1.82, 2.24) is 5.32 Å². The Labute approximate surface area is 118 Å². The summed E-state index contributed by atoms with van der Waals surface area (Å²) in [4.78, 5) is 0. The summed E-state index contributed by atoms with van der Waals surface area (Å²) < 4.78 is 10.7. The summed E-state index contributed by atoms with van der Waals surface area (Å²) in [6, 6.07) is 0.584. The Morgan fingerprint density at radius 1 is 1.12 bits per heavy atom. The van der Waals surface area contributed by atoms with E-state index in [1.807, 2.05) is 17.0 Å². The van der Waals surface area contributed by atoms with Gasteiger partial charge in [-0.15, -0.1) is 0 Å². The molecule has 0 aromatic carbocycles. The first kappa shape index (κ1) is 17.9. The van der Waals surface area contributed by atoms with Crippen LogP contribution in [-0.2, 0) is 8.92 Å². The molecule has 0 aliphatic rings. The van der Waals surface area contributed by atoms with Gasteiger partial charge >= 0.3 is 0 Å². The van der Waals surface area contributed by atoms with E-state index >= 15 is 0 Å². The van der Waals surface area contributed by atoms with E-state index < -0.39 is 0 Å². The number of ether oxygens (including phenoxy) is 1. The maximum atomic E-state index is 5.50. The predicted octanol–water partition coefficient (Wildman–Crippen LogP) is 3.41. The van der Waals surface area contributed by atoms with Gasteiger partial charge in [-0.05, 0) is 24.9 Å². The molecule has 0 saturated carbocycles. The zero-order valence-corrected chi connectivity index (χ0v) is 13.5. The Morgan fingerprint density at radius 3 is 2.59 bits per heavy atom. The molecule has 17 heavy (non-hydrogen) atoms. The summed E-state index contributed by atoms with van der Waals surface area (Å²) in [6.07, 6.45) is 4.11. The van der Waals surface area contributed by atoms with Crippen molar-refractivity contribution in [1.29, 1.82) is 0 Å². The third kappa shape index (κ3) is 16.9. The van der Waals surface area contributed by atoms with Crippen LogP contribution in [0.1, 0.15) is 26.7 Å². The van der Waals surface area contributed by atoms with Gasteiger partial charge in [-0.1, -0.05) is 35.4 Å². The molecule has 0 saturated heterocycles. The zero-order chi connectivity index (χ0) is 12.8. The van der Waals surface area contributed by atoms with Crippen molar-refractivity contribution < 1.29 is 8.92 Å². The van der Waals surface area contributed by atoms with Crippen molar-refractivity contribution in [2.75, 3.05) is 37.7 Å². The Hall–Kier alpha value is 0.930. The van der Waals surface area contributed by atoms with E-state index in [0.29, 0.717) is 6.04 Å². The van der Waals surface area contributed by atoms with Gasteiger partial charge in [-0.2, -0.15) is 0 Å². The van der Waals surface area contributed by atoms with Gasteiger partial charge in [0.1, 0.15) is 5.94 Å². The average molecular weight is 300 g/mol. The quantitative estimate of drug-likeness (QED) is 0.243. The van der Waals surface area contributed by atoms with Crippen molar-refractivity contribution in [3.8, 4) is 0 Å². The van der Waals surface area contributed by atoms with Crippen LogP contribution in [0.25, 0.3) is 0 Å². The Bertz CT molecular complexity index is 151. The van der Waals surface area contributed by atoms with Crippen molar-refractivity contribution in [2.24, 2.45) is 0 Å². The normalized spacial score (nSPS) is 11.3. The van der Waals surface area contributed by atoms with Crippen LogP contribution in [0.5, 0.6) is 0 Å². The maximum Gasteiger partial charge on any atom is 0.102 e. The second kappa shape index (κ2) is 15.0.